The molecule has 0 heterocycles. The van der Waals surface area contributed by atoms with Gasteiger partial charge in [0, 0.05) is 7.05 Å². The molecule has 122 valence electrons. The highest BCUT2D eigenvalue weighted by molar-refractivity contribution is 5.78. The van der Waals surface area contributed by atoms with Crippen molar-refractivity contribution in [2.24, 2.45) is 0 Å². The summed E-state index contributed by atoms with van der Waals surface area (Å²) in [6.45, 7) is 6.82. The predicted molar refractivity (Wildman–Crippen MR) is 93.8 cm³/mol. The van der Waals surface area contributed by atoms with Crippen LogP contribution in [-0.2, 0) is 24.2 Å². The number of benzene rings is 2. The molecule has 1 N–H and O–H groups in total. The zero-order valence-electron chi connectivity index (χ0n) is 14.4. The Balaban J connectivity index is 2.15. The minimum Gasteiger partial charge on any atom is -0.489 e. The second-order valence-electron chi connectivity index (χ2n) is 5.81. The zero-order chi connectivity index (χ0) is 16.8. The molecule has 2 aromatic carbocycles. The van der Waals surface area contributed by atoms with E-state index in [1.165, 1.54) is 11.1 Å². The highest BCUT2D eigenvalue weighted by Gasteiger charge is 2.09. The molecule has 0 aliphatic rings. The molecule has 0 atom stereocenters. The summed E-state index contributed by atoms with van der Waals surface area (Å²) in [5.74, 6) is 0.922. The molecule has 0 aliphatic carbocycles. The van der Waals surface area contributed by atoms with Crippen LogP contribution in [0.5, 0.6) is 5.75 Å². The number of rotatable bonds is 6. The number of ether oxygens (including phenoxy) is 1. The summed E-state index contributed by atoms with van der Waals surface area (Å²) in [5, 5.41) is 2.66. The third kappa shape index (κ3) is 4.35. The summed E-state index contributed by atoms with van der Waals surface area (Å²) in [4.78, 5) is 11.6. The van der Waals surface area contributed by atoms with Crippen molar-refractivity contribution in [2.45, 2.75) is 40.2 Å². The van der Waals surface area contributed by atoms with Gasteiger partial charge in [0.05, 0.1) is 6.42 Å². The molecule has 3 nitrogen and oxygen atoms in total. The first-order valence-corrected chi connectivity index (χ1v) is 8.05. The summed E-state index contributed by atoms with van der Waals surface area (Å²) in [6.07, 6.45) is 1.41. The fourth-order valence-electron chi connectivity index (χ4n) is 2.67. The van der Waals surface area contributed by atoms with Gasteiger partial charge in [0.2, 0.25) is 5.91 Å². The van der Waals surface area contributed by atoms with E-state index in [1.54, 1.807) is 7.05 Å². The first-order valence-electron chi connectivity index (χ1n) is 8.05. The molecule has 23 heavy (non-hydrogen) atoms. The molecule has 0 saturated carbocycles. The van der Waals surface area contributed by atoms with Crippen molar-refractivity contribution in [3.63, 3.8) is 0 Å². The number of carbonyl (C=O) groups excluding carboxylic acids is 1. The molecular weight excluding hydrogens is 286 g/mol. The van der Waals surface area contributed by atoms with E-state index in [0.29, 0.717) is 13.0 Å². The molecule has 3 heteroatoms. The van der Waals surface area contributed by atoms with E-state index < -0.39 is 0 Å². The van der Waals surface area contributed by atoms with Crippen molar-refractivity contribution in [1.82, 2.24) is 5.32 Å². The van der Waals surface area contributed by atoms with Crippen LogP contribution in [0.15, 0.2) is 36.4 Å². The molecule has 0 spiro atoms. The van der Waals surface area contributed by atoms with E-state index >= 15 is 0 Å². The van der Waals surface area contributed by atoms with Gasteiger partial charge in [-0.3, -0.25) is 4.79 Å². The Hall–Kier alpha value is -2.29. The van der Waals surface area contributed by atoms with Crippen LogP contribution in [0.25, 0.3) is 0 Å². The van der Waals surface area contributed by atoms with Crippen LogP contribution in [-0.4, -0.2) is 13.0 Å². The molecule has 0 radical (unpaired) electrons. The van der Waals surface area contributed by atoms with Crippen LogP contribution in [0, 0.1) is 13.8 Å². The second-order valence-corrected chi connectivity index (χ2v) is 5.81. The Morgan fingerprint density at radius 3 is 2.39 bits per heavy atom. The van der Waals surface area contributed by atoms with E-state index in [2.05, 4.69) is 38.2 Å². The molecule has 1 amide bonds. The van der Waals surface area contributed by atoms with Crippen LogP contribution >= 0.6 is 0 Å². The standard InChI is InChI=1S/C20H25NO2/c1-5-16-10-15(3)19(11-14(16)2)23-13-18-9-7-6-8-17(18)12-20(22)21-4/h6-11H,5,12-13H2,1-4H3,(H,21,22). The normalized spacial score (nSPS) is 10.4. The van der Waals surface area contributed by atoms with Gasteiger partial charge in [-0.2, -0.15) is 0 Å². The SMILES string of the molecule is CCc1cc(C)c(OCc2ccccc2CC(=O)NC)cc1C. The maximum Gasteiger partial charge on any atom is 0.224 e. The van der Waals surface area contributed by atoms with Crippen LogP contribution in [0.4, 0.5) is 0 Å². The minimum absolute atomic E-state index is 0.0109. The third-order valence-electron chi connectivity index (χ3n) is 4.15. The maximum absolute atomic E-state index is 11.6. The lowest BCUT2D eigenvalue weighted by atomic mass is 10.0. The largest absolute Gasteiger partial charge is 0.489 e. The molecule has 0 bridgehead atoms. The number of carbonyl (C=O) groups is 1. The summed E-state index contributed by atoms with van der Waals surface area (Å²) in [5.41, 5.74) is 5.82. The Bertz CT molecular complexity index is 692. The van der Waals surface area contributed by atoms with Crippen molar-refractivity contribution in [2.75, 3.05) is 7.05 Å². The van der Waals surface area contributed by atoms with Crippen LogP contribution in [0.1, 0.15) is 34.7 Å². The quantitative estimate of drug-likeness (QED) is 0.882. The number of hydrogen-bond acceptors (Lipinski definition) is 2. The fraction of sp³-hybridized carbons (Fsp3) is 0.350. The van der Waals surface area contributed by atoms with Crippen LogP contribution < -0.4 is 10.1 Å². The summed E-state index contributed by atoms with van der Waals surface area (Å²) >= 11 is 0. The van der Waals surface area contributed by atoms with E-state index in [9.17, 15) is 4.79 Å². The number of nitrogens with one attached hydrogen (secondary N) is 1. The number of hydrogen-bond donors (Lipinski definition) is 1. The van der Waals surface area contributed by atoms with Crippen molar-refractivity contribution >= 4 is 5.91 Å². The van der Waals surface area contributed by atoms with E-state index in [-0.39, 0.29) is 5.91 Å². The summed E-state index contributed by atoms with van der Waals surface area (Å²) in [6, 6.07) is 12.2. The molecule has 0 aromatic heterocycles. The maximum atomic E-state index is 11.6. The summed E-state index contributed by atoms with van der Waals surface area (Å²) in [7, 11) is 1.66. The average Bonchev–Trinajstić information content (AvgIpc) is 2.56. The van der Waals surface area contributed by atoms with Crippen molar-refractivity contribution in [1.29, 1.82) is 0 Å². The van der Waals surface area contributed by atoms with Gasteiger partial charge in [0.25, 0.3) is 0 Å². The van der Waals surface area contributed by atoms with Gasteiger partial charge in [-0.1, -0.05) is 37.3 Å². The monoisotopic (exact) mass is 311 g/mol. The lowest BCUT2D eigenvalue weighted by molar-refractivity contribution is -0.119. The highest BCUT2D eigenvalue weighted by Crippen LogP contribution is 2.24. The Labute approximate surface area is 138 Å². The fourth-order valence-corrected chi connectivity index (χ4v) is 2.67. The average molecular weight is 311 g/mol. The highest BCUT2D eigenvalue weighted by atomic mass is 16.5. The Morgan fingerprint density at radius 2 is 1.74 bits per heavy atom. The lowest BCUT2D eigenvalue weighted by Crippen LogP contribution is -2.20. The smallest absolute Gasteiger partial charge is 0.224 e. The van der Waals surface area contributed by atoms with Gasteiger partial charge >= 0.3 is 0 Å². The van der Waals surface area contributed by atoms with Gasteiger partial charge in [-0.05, 0) is 54.2 Å². The Kier molecular flexibility index (Phi) is 5.80. The van der Waals surface area contributed by atoms with Gasteiger partial charge in [0.15, 0.2) is 0 Å². The molecule has 0 fully saturated rings. The third-order valence-corrected chi connectivity index (χ3v) is 4.15. The first-order chi connectivity index (χ1) is 11.0. The van der Waals surface area contributed by atoms with Gasteiger partial charge < -0.3 is 10.1 Å². The predicted octanol–water partition coefficient (Wildman–Crippen LogP) is 3.73. The van der Waals surface area contributed by atoms with Gasteiger partial charge in [0.1, 0.15) is 12.4 Å². The van der Waals surface area contributed by atoms with Crippen molar-refractivity contribution < 1.29 is 9.53 Å². The molecular formula is C20H25NO2. The topological polar surface area (TPSA) is 38.3 Å². The number of aryl methyl sites for hydroxylation is 3. The van der Waals surface area contributed by atoms with Gasteiger partial charge in [-0.25, -0.2) is 0 Å². The van der Waals surface area contributed by atoms with Crippen molar-refractivity contribution in [3.8, 4) is 5.75 Å². The summed E-state index contributed by atoms with van der Waals surface area (Å²) < 4.78 is 6.03. The van der Waals surface area contributed by atoms with Gasteiger partial charge in [-0.15, -0.1) is 0 Å². The van der Waals surface area contributed by atoms with E-state index in [0.717, 1.165) is 28.9 Å². The zero-order valence-corrected chi connectivity index (χ0v) is 14.4. The number of likely N-dealkylation sites (N-methyl/N-ethyl adjacent to an activating group) is 1. The van der Waals surface area contributed by atoms with E-state index in [1.807, 2.05) is 24.3 Å². The second kappa shape index (κ2) is 7.82. The molecule has 0 aliphatic heterocycles. The molecule has 2 rings (SSSR count). The Morgan fingerprint density at radius 1 is 1.04 bits per heavy atom. The van der Waals surface area contributed by atoms with Crippen molar-refractivity contribution in [3.05, 3.63) is 64.2 Å². The first kappa shape index (κ1) is 17.1. The van der Waals surface area contributed by atoms with Crippen LogP contribution in [0.2, 0.25) is 0 Å². The van der Waals surface area contributed by atoms with Crippen LogP contribution in [0.3, 0.4) is 0 Å². The molecule has 0 unspecified atom stereocenters. The molecule has 0 saturated heterocycles. The number of amides is 1. The molecule has 2 aromatic rings. The lowest BCUT2D eigenvalue weighted by Gasteiger charge is -2.14. The van der Waals surface area contributed by atoms with E-state index in [4.69, 9.17) is 4.74 Å². The minimum atomic E-state index is 0.0109.